The molecular weight excluding hydrogens is 351 g/mol. The fourth-order valence-corrected chi connectivity index (χ4v) is 3.80. The Labute approximate surface area is 157 Å². The smallest absolute Gasteiger partial charge is 0.322 e. The van der Waals surface area contributed by atoms with Crippen LogP contribution in [0.4, 0.5) is 9.18 Å². The van der Waals surface area contributed by atoms with Gasteiger partial charge in [-0.1, -0.05) is 12.1 Å². The first-order valence-electron chi connectivity index (χ1n) is 9.16. The maximum atomic E-state index is 13.3. The molecule has 0 aliphatic carbocycles. The van der Waals surface area contributed by atoms with Gasteiger partial charge in [0.15, 0.2) is 0 Å². The van der Waals surface area contributed by atoms with Gasteiger partial charge in [-0.2, -0.15) is 0 Å². The number of carbonyl (C=O) groups is 2. The molecule has 4 rings (SSSR count). The lowest BCUT2D eigenvalue weighted by atomic mass is 9.96. The molecule has 3 aliphatic rings. The largest absolute Gasteiger partial charge is 0.379 e. The van der Waals surface area contributed by atoms with Crippen LogP contribution < -0.4 is 5.32 Å². The van der Waals surface area contributed by atoms with E-state index in [0.717, 1.165) is 38.5 Å². The fraction of sp³-hybridized carbons (Fsp3) is 0.474. The number of hydrogen-bond donors (Lipinski definition) is 1. The van der Waals surface area contributed by atoms with E-state index in [2.05, 4.69) is 10.2 Å². The van der Waals surface area contributed by atoms with Crippen LogP contribution in [-0.4, -0.2) is 79.6 Å². The number of likely N-dealkylation sites (N-methyl/N-ethyl adjacent to an activating group) is 1. The lowest BCUT2D eigenvalue weighted by Gasteiger charge is -2.31. The van der Waals surface area contributed by atoms with E-state index in [1.807, 2.05) is 0 Å². The van der Waals surface area contributed by atoms with E-state index in [0.29, 0.717) is 24.2 Å². The number of amides is 3. The second-order valence-corrected chi connectivity index (χ2v) is 7.03. The number of morpholine rings is 1. The first-order valence-corrected chi connectivity index (χ1v) is 9.16. The predicted molar refractivity (Wildman–Crippen MR) is 96.3 cm³/mol. The molecule has 0 saturated carbocycles. The van der Waals surface area contributed by atoms with Crippen molar-refractivity contribution in [3.05, 3.63) is 46.9 Å². The van der Waals surface area contributed by atoms with E-state index in [-0.39, 0.29) is 17.8 Å². The molecule has 8 heteroatoms. The van der Waals surface area contributed by atoms with E-state index >= 15 is 0 Å². The van der Waals surface area contributed by atoms with Crippen LogP contribution in [0.2, 0.25) is 0 Å². The number of nitrogens with zero attached hydrogens (tertiary/aromatic N) is 3. The maximum absolute atomic E-state index is 13.3. The average Bonchev–Trinajstić information content (AvgIpc) is 3.01. The lowest BCUT2D eigenvalue weighted by molar-refractivity contribution is -0.126. The summed E-state index contributed by atoms with van der Waals surface area (Å²) in [6.45, 7) is 4.97. The first kappa shape index (κ1) is 17.9. The number of rotatable bonds is 4. The van der Waals surface area contributed by atoms with Gasteiger partial charge in [-0.05, 0) is 17.7 Å². The normalized spacial score (nSPS) is 23.7. The summed E-state index contributed by atoms with van der Waals surface area (Å²) in [6.07, 6.45) is 0. The van der Waals surface area contributed by atoms with Gasteiger partial charge in [0, 0.05) is 33.2 Å². The van der Waals surface area contributed by atoms with Gasteiger partial charge in [-0.15, -0.1) is 0 Å². The minimum atomic E-state index is -0.551. The minimum absolute atomic E-state index is 0.0700. The molecular formula is C19H23FN4O3. The van der Waals surface area contributed by atoms with Crippen molar-refractivity contribution in [3.63, 3.8) is 0 Å². The molecule has 1 atom stereocenters. The van der Waals surface area contributed by atoms with E-state index < -0.39 is 6.04 Å². The first-order chi connectivity index (χ1) is 13.0. The summed E-state index contributed by atoms with van der Waals surface area (Å²) in [7, 11) is 1.67. The number of carbonyl (C=O) groups excluding carboxylic acids is 2. The van der Waals surface area contributed by atoms with E-state index in [1.54, 1.807) is 24.1 Å². The van der Waals surface area contributed by atoms with Gasteiger partial charge in [0.2, 0.25) is 0 Å². The minimum Gasteiger partial charge on any atom is -0.379 e. The Morgan fingerprint density at radius 3 is 2.56 bits per heavy atom. The van der Waals surface area contributed by atoms with Gasteiger partial charge in [-0.25, -0.2) is 9.18 Å². The molecule has 7 nitrogen and oxygen atoms in total. The van der Waals surface area contributed by atoms with Crippen LogP contribution in [0.15, 0.2) is 35.5 Å². The van der Waals surface area contributed by atoms with Crippen molar-refractivity contribution >= 4 is 11.9 Å². The van der Waals surface area contributed by atoms with Crippen molar-refractivity contribution in [2.75, 3.05) is 53.0 Å². The Hall–Kier alpha value is -2.45. The zero-order valence-electron chi connectivity index (χ0n) is 15.3. The second-order valence-electron chi connectivity index (χ2n) is 7.03. The second kappa shape index (κ2) is 7.28. The molecule has 3 aliphatic heterocycles. The van der Waals surface area contributed by atoms with Gasteiger partial charge in [0.05, 0.1) is 37.1 Å². The average molecular weight is 374 g/mol. The Morgan fingerprint density at radius 2 is 1.85 bits per heavy atom. The maximum Gasteiger partial charge on any atom is 0.322 e. The fourth-order valence-electron chi connectivity index (χ4n) is 3.80. The molecule has 3 amide bonds. The zero-order valence-corrected chi connectivity index (χ0v) is 15.3. The van der Waals surface area contributed by atoms with Gasteiger partial charge in [0.1, 0.15) is 5.82 Å². The van der Waals surface area contributed by atoms with Crippen LogP contribution in [0, 0.1) is 5.82 Å². The molecule has 1 unspecified atom stereocenters. The molecule has 27 heavy (non-hydrogen) atoms. The molecule has 3 heterocycles. The third kappa shape index (κ3) is 3.42. The van der Waals surface area contributed by atoms with Gasteiger partial charge >= 0.3 is 6.03 Å². The zero-order chi connectivity index (χ0) is 19.0. The number of urea groups is 1. The quantitative estimate of drug-likeness (QED) is 0.852. The van der Waals surface area contributed by atoms with Crippen LogP contribution in [0.5, 0.6) is 0 Å². The highest BCUT2D eigenvalue weighted by atomic mass is 19.1. The van der Waals surface area contributed by atoms with Crippen molar-refractivity contribution in [1.29, 1.82) is 0 Å². The highest BCUT2D eigenvalue weighted by Gasteiger charge is 2.42. The Balaban J connectivity index is 1.53. The highest BCUT2D eigenvalue weighted by Crippen LogP contribution is 2.35. The summed E-state index contributed by atoms with van der Waals surface area (Å²) in [6, 6.07) is 5.10. The molecule has 1 saturated heterocycles. The SMILES string of the molecule is CN1C(=O)NC(c2ccc(F)cc2)C2=C1CN(CCN1CCOCC1)C2=O. The number of halogens is 1. The summed E-state index contributed by atoms with van der Waals surface area (Å²) < 4.78 is 18.6. The van der Waals surface area contributed by atoms with Gasteiger partial charge in [0.25, 0.3) is 5.91 Å². The lowest BCUT2D eigenvalue weighted by Crippen LogP contribution is -2.45. The summed E-state index contributed by atoms with van der Waals surface area (Å²) >= 11 is 0. The highest BCUT2D eigenvalue weighted by molar-refractivity contribution is 6.01. The number of hydrogen-bond acceptors (Lipinski definition) is 4. The molecule has 144 valence electrons. The molecule has 0 aromatic heterocycles. The molecule has 1 fully saturated rings. The van der Waals surface area contributed by atoms with Crippen LogP contribution in [0.1, 0.15) is 11.6 Å². The van der Waals surface area contributed by atoms with Crippen molar-refractivity contribution in [1.82, 2.24) is 20.0 Å². The van der Waals surface area contributed by atoms with E-state index in [4.69, 9.17) is 4.74 Å². The molecule has 0 bridgehead atoms. The van der Waals surface area contributed by atoms with Crippen molar-refractivity contribution in [2.24, 2.45) is 0 Å². The number of ether oxygens (including phenoxy) is 1. The number of nitrogens with one attached hydrogen (secondary N) is 1. The van der Waals surface area contributed by atoms with Crippen molar-refractivity contribution in [2.45, 2.75) is 6.04 Å². The summed E-state index contributed by atoms with van der Waals surface area (Å²) in [5, 5.41) is 2.86. The van der Waals surface area contributed by atoms with Crippen molar-refractivity contribution < 1.29 is 18.7 Å². The van der Waals surface area contributed by atoms with Crippen LogP contribution in [-0.2, 0) is 9.53 Å². The Kier molecular flexibility index (Phi) is 4.84. The van der Waals surface area contributed by atoms with Crippen LogP contribution in [0.3, 0.4) is 0 Å². The van der Waals surface area contributed by atoms with E-state index in [9.17, 15) is 14.0 Å². The Bertz CT molecular complexity index is 774. The standard InChI is InChI=1S/C19H23FN4O3/c1-22-15-12-24(7-6-23-8-10-27-11-9-23)18(25)16(15)17(21-19(22)26)13-2-4-14(20)5-3-13/h2-5,17H,6-12H2,1H3,(H,21,26). The molecule has 0 radical (unpaired) electrons. The molecule has 1 aromatic carbocycles. The molecule has 0 spiro atoms. The Morgan fingerprint density at radius 1 is 1.15 bits per heavy atom. The predicted octanol–water partition coefficient (Wildman–Crippen LogP) is 0.950. The van der Waals surface area contributed by atoms with Gasteiger partial charge < -0.3 is 15.0 Å². The summed E-state index contributed by atoms with van der Waals surface area (Å²) in [4.78, 5) is 31.0. The topological polar surface area (TPSA) is 65.1 Å². The van der Waals surface area contributed by atoms with Gasteiger partial charge in [-0.3, -0.25) is 14.6 Å². The molecule has 1 aromatic rings. The number of benzene rings is 1. The van der Waals surface area contributed by atoms with Crippen LogP contribution >= 0.6 is 0 Å². The monoisotopic (exact) mass is 374 g/mol. The molecule has 1 N–H and O–H groups in total. The summed E-state index contributed by atoms with van der Waals surface area (Å²) in [5.74, 6) is -0.420. The van der Waals surface area contributed by atoms with Crippen molar-refractivity contribution in [3.8, 4) is 0 Å². The van der Waals surface area contributed by atoms with E-state index in [1.165, 1.54) is 17.0 Å². The summed E-state index contributed by atoms with van der Waals surface area (Å²) in [5.41, 5.74) is 2.00. The third-order valence-electron chi connectivity index (χ3n) is 5.43. The van der Waals surface area contributed by atoms with Crippen LogP contribution in [0.25, 0.3) is 0 Å². The third-order valence-corrected chi connectivity index (χ3v) is 5.43.